The molecule has 2 heterocycles. The van der Waals surface area contributed by atoms with Crippen LogP contribution in [-0.4, -0.2) is 11.2 Å². The monoisotopic (exact) mass is 216 g/mol. The normalized spacial score (nSPS) is 19.2. The molecule has 1 aromatic rings. The van der Waals surface area contributed by atoms with Crippen molar-refractivity contribution in [1.29, 1.82) is 0 Å². The lowest BCUT2D eigenvalue weighted by Crippen LogP contribution is -2.18. The third-order valence-corrected chi connectivity index (χ3v) is 3.19. The van der Waals surface area contributed by atoms with Gasteiger partial charge in [0, 0.05) is 18.3 Å². The number of nitrogens with zero attached hydrogens (tertiary/aromatic N) is 2. The van der Waals surface area contributed by atoms with Gasteiger partial charge in [0.05, 0.1) is 11.4 Å². The summed E-state index contributed by atoms with van der Waals surface area (Å²) in [4.78, 5) is 9.11. The highest BCUT2D eigenvalue weighted by Crippen LogP contribution is 2.44. The molecule has 86 valence electrons. The fourth-order valence-electron chi connectivity index (χ4n) is 2.17. The maximum atomic E-state index is 4.58. The second kappa shape index (κ2) is 3.69. The summed E-state index contributed by atoms with van der Waals surface area (Å²) in [7, 11) is 0. The highest BCUT2D eigenvalue weighted by molar-refractivity contribution is 5.81. The summed E-state index contributed by atoms with van der Waals surface area (Å²) in [5.41, 5.74) is 3.77. The molecular formula is C14H20N2. The Morgan fingerprint density at radius 3 is 2.50 bits per heavy atom. The topological polar surface area (TPSA) is 25.2 Å². The van der Waals surface area contributed by atoms with Gasteiger partial charge in [-0.3, -0.25) is 9.98 Å². The van der Waals surface area contributed by atoms with Crippen LogP contribution in [0, 0.1) is 5.41 Å². The summed E-state index contributed by atoms with van der Waals surface area (Å²) in [6.07, 6.45) is 3.98. The Bertz CT molecular complexity index is 425. The van der Waals surface area contributed by atoms with Gasteiger partial charge in [-0.25, -0.2) is 0 Å². The molecule has 0 saturated carbocycles. The van der Waals surface area contributed by atoms with Crippen molar-refractivity contribution < 1.29 is 0 Å². The minimum atomic E-state index is 0.192. The van der Waals surface area contributed by atoms with Gasteiger partial charge in [-0.05, 0) is 23.0 Å². The number of aromatic nitrogens is 1. The van der Waals surface area contributed by atoms with Gasteiger partial charge in [0.1, 0.15) is 0 Å². The van der Waals surface area contributed by atoms with Gasteiger partial charge < -0.3 is 0 Å². The number of rotatable bonds is 1. The van der Waals surface area contributed by atoms with E-state index in [1.165, 1.54) is 5.56 Å². The Balaban J connectivity index is 2.50. The summed E-state index contributed by atoms with van der Waals surface area (Å²) in [5, 5.41) is 0. The van der Waals surface area contributed by atoms with Crippen LogP contribution < -0.4 is 0 Å². The number of pyridine rings is 1. The van der Waals surface area contributed by atoms with Gasteiger partial charge >= 0.3 is 0 Å². The highest BCUT2D eigenvalue weighted by Gasteiger charge is 2.32. The molecular weight excluding hydrogens is 196 g/mol. The first-order chi connectivity index (χ1) is 7.41. The van der Waals surface area contributed by atoms with Gasteiger partial charge in [0.2, 0.25) is 0 Å². The summed E-state index contributed by atoms with van der Waals surface area (Å²) >= 11 is 0. The van der Waals surface area contributed by atoms with Crippen molar-refractivity contribution >= 4 is 11.9 Å². The first-order valence-electron chi connectivity index (χ1n) is 5.94. The van der Waals surface area contributed by atoms with Crippen LogP contribution in [-0.2, 0) is 0 Å². The van der Waals surface area contributed by atoms with Crippen molar-refractivity contribution in [2.24, 2.45) is 10.4 Å². The van der Waals surface area contributed by atoms with E-state index in [0.29, 0.717) is 11.8 Å². The minimum absolute atomic E-state index is 0.192. The van der Waals surface area contributed by atoms with Crippen LogP contribution in [0.25, 0.3) is 0 Å². The van der Waals surface area contributed by atoms with Crippen LogP contribution in [0.4, 0.5) is 5.69 Å². The van der Waals surface area contributed by atoms with E-state index in [2.05, 4.69) is 56.9 Å². The van der Waals surface area contributed by atoms with E-state index in [1.54, 1.807) is 0 Å². The molecule has 0 amide bonds. The van der Waals surface area contributed by atoms with Gasteiger partial charge in [0.15, 0.2) is 0 Å². The van der Waals surface area contributed by atoms with Crippen molar-refractivity contribution in [2.75, 3.05) is 0 Å². The maximum Gasteiger partial charge on any atom is 0.0882 e. The van der Waals surface area contributed by atoms with E-state index < -0.39 is 0 Å². The molecule has 0 radical (unpaired) electrons. The molecule has 16 heavy (non-hydrogen) atoms. The lowest BCUT2D eigenvalue weighted by molar-refractivity contribution is 0.385. The summed E-state index contributed by atoms with van der Waals surface area (Å²) in [6.45, 7) is 11.1. The van der Waals surface area contributed by atoms with Gasteiger partial charge in [-0.2, -0.15) is 0 Å². The Kier molecular flexibility index (Phi) is 2.61. The maximum absolute atomic E-state index is 4.58. The third-order valence-electron chi connectivity index (χ3n) is 3.19. The second-order valence-electron chi connectivity index (χ2n) is 5.91. The van der Waals surface area contributed by atoms with Crippen molar-refractivity contribution in [3.05, 3.63) is 23.5 Å². The van der Waals surface area contributed by atoms with E-state index in [0.717, 1.165) is 11.4 Å². The van der Waals surface area contributed by atoms with E-state index in [-0.39, 0.29) is 5.41 Å². The zero-order chi connectivity index (χ0) is 11.9. The Morgan fingerprint density at radius 1 is 1.25 bits per heavy atom. The van der Waals surface area contributed by atoms with Crippen LogP contribution in [0.1, 0.15) is 57.7 Å². The van der Waals surface area contributed by atoms with E-state index in [4.69, 9.17) is 0 Å². The first kappa shape index (κ1) is 11.3. The van der Waals surface area contributed by atoms with Crippen LogP contribution >= 0.6 is 0 Å². The molecule has 0 bridgehead atoms. The average Bonchev–Trinajstić information content (AvgIpc) is 2.59. The van der Waals surface area contributed by atoms with E-state index in [1.807, 2.05) is 6.20 Å². The first-order valence-corrected chi connectivity index (χ1v) is 5.94. The van der Waals surface area contributed by atoms with Crippen LogP contribution in [0.2, 0.25) is 0 Å². The SMILES string of the molecule is CC(C)c1ccnc2c1N=CC2C(C)(C)C. The molecule has 1 aliphatic heterocycles. The molecule has 1 aliphatic rings. The lowest BCUT2D eigenvalue weighted by Gasteiger charge is -2.25. The van der Waals surface area contributed by atoms with Crippen molar-refractivity contribution in [3.63, 3.8) is 0 Å². The fourth-order valence-corrected chi connectivity index (χ4v) is 2.17. The van der Waals surface area contributed by atoms with Gasteiger partial charge in [0.25, 0.3) is 0 Å². The van der Waals surface area contributed by atoms with E-state index in [9.17, 15) is 0 Å². The Hall–Kier alpha value is -1.18. The largest absolute Gasteiger partial charge is 0.258 e. The molecule has 0 saturated heterocycles. The fraction of sp³-hybridized carbons (Fsp3) is 0.571. The zero-order valence-corrected chi connectivity index (χ0v) is 10.8. The Labute approximate surface area is 97.8 Å². The zero-order valence-electron chi connectivity index (χ0n) is 10.8. The quantitative estimate of drug-likeness (QED) is 0.695. The molecule has 0 spiro atoms. The number of hydrogen-bond donors (Lipinski definition) is 0. The number of aliphatic imine (C=N–C) groups is 1. The smallest absolute Gasteiger partial charge is 0.0882 e. The van der Waals surface area contributed by atoms with E-state index >= 15 is 0 Å². The predicted octanol–water partition coefficient (Wildman–Crippen LogP) is 4.05. The van der Waals surface area contributed by atoms with Crippen LogP contribution in [0.15, 0.2) is 17.3 Å². The molecule has 2 heteroatoms. The molecule has 0 aromatic carbocycles. The molecule has 0 fully saturated rings. The molecule has 1 atom stereocenters. The summed E-state index contributed by atoms with van der Waals surface area (Å²) in [5.74, 6) is 0.855. The average molecular weight is 216 g/mol. The summed E-state index contributed by atoms with van der Waals surface area (Å²) < 4.78 is 0. The van der Waals surface area contributed by atoms with Gasteiger partial charge in [-0.1, -0.05) is 34.6 Å². The predicted molar refractivity (Wildman–Crippen MR) is 68.7 cm³/mol. The number of hydrogen-bond acceptors (Lipinski definition) is 2. The molecule has 0 aliphatic carbocycles. The lowest BCUT2D eigenvalue weighted by atomic mass is 9.79. The molecule has 0 N–H and O–H groups in total. The Morgan fingerprint density at radius 2 is 1.94 bits per heavy atom. The minimum Gasteiger partial charge on any atom is -0.258 e. The second-order valence-corrected chi connectivity index (χ2v) is 5.91. The van der Waals surface area contributed by atoms with Gasteiger partial charge in [-0.15, -0.1) is 0 Å². The summed E-state index contributed by atoms with van der Waals surface area (Å²) in [6, 6.07) is 2.09. The number of fused-ring (bicyclic) bond motifs is 1. The van der Waals surface area contributed by atoms with Crippen LogP contribution in [0.5, 0.6) is 0 Å². The molecule has 1 aromatic heterocycles. The van der Waals surface area contributed by atoms with Crippen molar-refractivity contribution in [1.82, 2.24) is 4.98 Å². The molecule has 1 unspecified atom stereocenters. The van der Waals surface area contributed by atoms with Crippen molar-refractivity contribution in [3.8, 4) is 0 Å². The standard InChI is InChI=1S/C14H20N2/c1-9(2)10-6-7-15-13-11(14(3,4)5)8-16-12(10)13/h6-9,11H,1-5H3. The third kappa shape index (κ3) is 1.77. The highest BCUT2D eigenvalue weighted by atomic mass is 14.9. The molecule has 2 rings (SSSR count). The van der Waals surface area contributed by atoms with Crippen LogP contribution in [0.3, 0.4) is 0 Å². The van der Waals surface area contributed by atoms with Crippen molar-refractivity contribution in [2.45, 2.75) is 46.5 Å². The molecule has 2 nitrogen and oxygen atoms in total.